The average Bonchev–Trinajstić information content (AvgIpc) is 3.08. The van der Waals surface area contributed by atoms with Gasteiger partial charge in [0.1, 0.15) is 12.7 Å². The molecule has 7 heteroatoms. The summed E-state index contributed by atoms with van der Waals surface area (Å²) in [5, 5.41) is 7.12. The second-order valence-electron chi connectivity index (χ2n) is 4.64. The van der Waals surface area contributed by atoms with Gasteiger partial charge in [-0.25, -0.2) is 9.50 Å². The van der Waals surface area contributed by atoms with Gasteiger partial charge in [0.2, 0.25) is 0 Å². The summed E-state index contributed by atoms with van der Waals surface area (Å²) in [5.41, 5.74) is 1.23. The predicted molar refractivity (Wildman–Crippen MR) is 71.3 cm³/mol. The zero-order valence-electron chi connectivity index (χ0n) is 11.2. The first-order valence-electron chi connectivity index (χ1n) is 6.53. The van der Waals surface area contributed by atoms with E-state index in [0.29, 0.717) is 30.4 Å². The van der Waals surface area contributed by atoms with Gasteiger partial charge in [0, 0.05) is 19.9 Å². The van der Waals surface area contributed by atoms with Crippen molar-refractivity contribution in [3.05, 3.63) is 24.2 Å². The Labute approximate surface area is 115 Å². The van der Waals surface area contributed by atoms with Gasteiger partial charge < -0.3 is 14.8 Å². The average molecular weight is 276 g/mol. The summed E-state index contributed by atoms with van der Waals surface area (Å²) in [6.07, 6.45) is 3.10. The van der Waals surface area contributed by atoms with Crippen LogP contribution in [0.15, 0.2) is 18.3 Å². The largest absolute Gasteiger partial charge is 0.377 e. The molecule has 0 spiro atoms. The molecule has 1 fully saturated rings. The van der Waals surface area contributed by atoms with Gasteiger partial charge in [0.25, 0.3) is 5.91 Å². The van der Waals surface area contributed by atoms with Crippen LogP contribution in [-0.2, 0) is 20.9 Å². The smallest absolute Gasteiger partial charge is 0.253 e. The normalized spacial score (nSPS) is 18.6. The highest BCUT2D eigenvalue weighted by Crippen LogP contribution is 2.18. The van der Waals surface area contributed by atoms with Crippen LogP contribution in [0.3, 0.4) is 0 Å². The van der Waals surface area contributed by atoms with Gasteiger partial charge in [0.15, 0.2) is 11.5 Å². The number of anilines is 1. The first-order valence-corrected chi connectivity index (χ1v) is 6.53. The van der Waals surface area contributed by atoms with Crippen molar-refractivity contribution in [1.82, 2.24) is 14.6 Å². The molecule has 1 amide bonds. The quantitative estimate of drug-likeness (QED) is 0.901. The Bertz CT molecular complexity index is 619. The van der Waals surface area contributed by atoms with E-state index < -0.39 is 0 Å². The van der Waals surface area contributed by atoms with E-state index in [-0.39, 0.29) is 12.0 Å². The van der Waals surface area contributed by atoms with Crippen LogP contribution in [-0.4, -0.2) is 40.3 Å². The molecule has 1 N–H and O–H groups in total. The van der Waals surface area contributed by atoms with Gasteiger partial charge in [-0.1, -0.05) is 0 Å². The van der Waals surface area contributed by atoms with Gasteiger partial charge in [-0.15, -0.1) is 5.10 Å². The van der Waals surface area contributed by atoms with Crippen LogP contribution in [0, 0.1) is 0 Å². The zero-order chi connectivity index (χ0) is 13.9. The molecule has 3 rings (SSSR count). The molecule has 106 valence electrons. The van der Waals surface area contributed by atoms with E-state index in [1.165, 1.54) is 0 Å². The third-order valence-corrected chi connectivity index (χ3v) is 3.16. The number of aromatic nitrogens is 3. The summed E-state index contributed by atoms with van der Waals surface area (Å²) in [6, 6.07) is 3.61. The van der Waals surface area contributed by atoms with Crippen LogP contribution < -0.4 is 5.32 Å². The second kappa shape index (κ2) is 5.56. The van der Waals surface area contributed by atoms with E-state index in [0.717, 1.165) is 12.8 Å². The maximum absolute atomic E-state index is 12.1. The maximum Gasteiger partial charge on any atom is 0.253 e. The molecule has 0 saturated carbocycles. The van der Waals surface area contributed by atoms with Crippen molar-refractivity contribution in [2.75, 3.05) is 19.0 Å². The molecule has 3 heterocycles. The van der Waals surface area contributed by atoms with Gasteiger partial charge in [-0.3, -0.25) is 4.79 Å². The molecule has 1 aliphatic heterocycles. The van der Waals surface area contributed by atoms with Crippen molar-refractivity contribution >= 4 is 17.2 Å². The number of ether oxygens (including phenoxy) is 2. The fraction of sp³-hybridized carbons (Fsp3) is 0.462. The third-order valence-electron chi connectivity index (χ3n) is 3.16. The van der Waals surface area contributed by atoms with Crippen molar-refractivity contribution in [3.8, 4) is 0 Å². The van der Waals surface area contributed by atoms with Crippen molar-refractivity contribution in [3.63, 3.8) is 0 Å². The van der Waals surface area contributed by atoms with Crippen LogP contribution in [0.25, 0.3) is 5.65 Å². The number of hydrogen-bond donors (Lipinski definition) is 1. The predicted octanol–water partition coefficient (Wildman–Crippen LogP) is 0.993. The Morgan fingerprint density at radius 3 is 3.30 bits per heavy atom. The monoisotopic (exact) mass is 276 g/mol. The summed E-state index contributed by atoms with van der Waals surface area (Å²) in [6.45, 7) is 0.978. The van der Waals surface area contributed by atoms with Crippen molar-refractivity contribution < 1.29 is 14.3 Å². The summed E-state index contributed by atoms with van der Waals surface area (Å²) in [4.78, 5) is 16.4. The van der Waals surface area contributed by atoms with Crippen molar-refractivity contribution in [2.24, 2.45) is 0 Å². The van der Waals surface area contributed by atoms with Crippen LogP contribution in [0.1, 0.15) is 18.7 Å². The lowest BCUT2D eigenvalue weighted by molar-refractivity contribution is -0.124. The third kappa shape index (κ3) is 2.50. The van der Waals surface area contributed by atoms with Crippen molar-refractivity contribution in [2.45, 2.75) is 25.6 Å². The molecule has 0 aliphatic carbocycles. The second-order valence-corrected chi connectivity index (χ2v) is 4.64. The first kappa shape index (κ1) is 13.0. The number of nitrogens with one attached hydrogen (secondary N) is 1. The number of rotatable bonds is 4. The lowest BCUT2D eigenvalue weighted by atomic mass is 10.2. The Hall–Kier alpha value is -1.99. The van der Waals surface area contributed by atoms with Crippen LogP contribution in [0.5, 0.6) is 0 Å². The highest BCUT2D eigenvalue weighted by atomic mass is 16.5. The molecule has 1 atom stereocenters. The number of amides is 1. The summed E-state index contributed by atoms with van der Waals surface area (Å²) >= 11 is 0. The van der Waals surface area contributed by atoms with Gasteiger partial charge in [-0.05, 0) is 25.0 Å². The van der Waals surface area contributed by atoms with Crippen molar-refractivity contribution in [1.29, 1.82) is 0 Å². The Kier molecular flexibility index (Phi) is 3.62. The summed E-state index contributed by atoms with van der Waals surface area (Å²) < 4.78 is 12.0. The van der Waals surface area contributed by atoms with E-state index in [9.17, 15) is 4.79 Å². The number of carbonyl (C=O) groups is 1. The molecule has 1 unspecified atom stereocenters. The minimum atomic E-state index is -0.364. The molecule has 2 aromatic rings. The van der Waals surface area contributed by atoms with Crippen LogP contribution in [0.2, 0.25) is 0 Å². The van der Waals surface area contributed by atoms with Gasteiger partial charge in [0.05, 0.1) is 5.69 Å². The lowest BCUT2D eigenvalue weighted by Crippen LogP contribution is -2.27. The SMILES string of the molecule is COCc1nc2c(NC(=O)C3CCCO3)cccn2n1. The fourth-order valence-electron chi connectivity index (χ4n) is 2.24. The molecule has 1 aliphatic rings. The Balaban J connectivity index is 1.84. The molecule has 2 aromatic heterocycles. The van der Waals surface area contributed by atoms with Gasteiger partial charge in [-0.2, -0.15) is 0 Å². The number of methoxy groups -OCH3 is 1. The summed E-state index contributed by atoms with van der Waals surface area (Å²) in [5.74, 6) is 0.443. The molecule has 7 nitrogen and oxygen atoms in total. The van der Waals surface area contributed by atoms with E-state index in [1.807, 2.05) is 6.07 Å². The number of fused-ring (bicyclic) bond motifs is 1. The lowest BCUT2D eigenvalue weighted by Gasteiger charge is -2.10. The number of nitrogens with zero attached hydrogens (tertiary/aromatic N) is 3. The number of carbonyl (C=O) groups excluding carboxylic acids is 1. The maximum atomic E-state index is 12.1. The molecule has 0 bridgehead atoms. The molecule has 20 heavy (non-hydrogen) atoms. The highest BCUT2D eigenvalue weighted by molar-refractivity contribution is 5.97. The fourth-order valence-corrected chi connectivity index (χ4v) is 2.24. The number of pyridine rings is 1. The standard InChI is InChI=1S/C13H16N4O3/c1-19-8-11-15-12-9(4-2-6-17(12)16-11)14-13(18)10-5-3-7-20-10/h2,4,6,10H,3,5,7-8H2,1H3,(H,14,18). The molecular formula is C13H16N4O3. The zero-order valence-corrected chi connectivity index (χ0v) is 11.2. The summed E-state index contributed by atoms with van der Waals surface area (Å²) in [7, 11) is 1.59. The molecule has 1 saturated heterocycles. The van der Waals surface area contributed by atoms with E-state index >= 15 is 0 Å². The minimum absolute atomic E-state index is 0.133. The Morgan fingerprint density at radius 1 is 1.65 bits per heavy atom. The highest BCUT2D eigenvalue weighted by Gasteiger charge is 2.24. The molecule has 0 radical (unpaired) electrons. The van der Waals surface area contributed by atoms with E-state index in [2.05, 4.69) is 15.4 Å². The number of hydrogen-bond acceptors (Lipinski definition) is 5. The van der Waals surface area contributed by atoms with E-state index in [4.69, 9.17) is 9.47 Å². The molecular weight excluding hydrogens is 260 g/mol. The Morgan fingerprint density at radius 2 is 2.55 bits per heavy atom. The molecule has 0 aromatic carbocycles. The van der Waals surface area contributed by atoms with Crippen LogP contribution >= 0.6 is 0 Å². The van der Waals surface area contributed by atoms with Gasteiger partial charge >= 0.3 is 0 Å². The van der Waals surface area contributed by atoms with E-state index in [1.54, 1.807) is 23.9 Å². The van der Waals surface area contributed by atoms with Crippen LogP contribution in [0.4, 0.5) is 5.69 Å². The minimum Gasteiger partial charge on any atom is -0.377 e. The first-order chi connectivity index (χ1) is 9.78. The topological polar surface area (TPSA) is 77.8 Å².